The van der Waals surface area contributed by atoms with Crippen molar-refractivity contribution in [2.24, 2.45) is 0 Å². The highest BCUT2D eigenvalue weighted by molar-refractivity contribution is 7.10. The molecule has 0 spiro atoms. The number of hydrogen-bond donors (Lipinski definition) is 1. The molecule has 0 aromatic carbocycles. The summed E-state index contributed by atoms with van der Waals surface area (Å²) in [6.07, 6.45) is 2.45. The van der Waals surface area contributed by atoms with Gasteiger partial charge in [0, 0.05) is 17.8 Å². The van der Waals surface area contributed by atoms with Crippen molar-refractivity contribution in [2.45, 2.75) is 19.1 Å². The van der Waals surface area contributed by atoms with Crippen LogP contribution in [0.2, 0.25) is 0 Å². The Balaban J connectivity index is 1.66. The molecule has 0 bridgehead atoms. The zero-order chi connectivity index (χ0) is 14.8. The number of rotatable bonds is 5. The van der Waals surface area contributed by atoms with Gasteiger partial charge in [0.25, 0.3) is 0 Å². The number of fused-ring (bicyclic) bond motifs is 1. The minimum absolute atomic E-state index is 0.0493. The van der Waals surface area contributed by atoms with Gasteiger partial charge in [0.05, 0.1) is 25.5 Å². The largest absolute Gasteiger partial charge is 0.478 e. The maximum Gasteiger partial charge on any atom is 0.339 e. The minimum atomic E-state index is -0.957. The number of aromatic carboxylic acids is 1. The van der Waals surface area contributed by atoms with Crippen LogP contribution in [0, 0.1) is 0 Å². The lowest BCUT2D eigenvalue weighted by atomic mass is 10.1. The smallest absolute Gasteiger partial charge is 0.339 e. The van der Waals surface area contributed by atoms with E-state index in [4.69, 9.17) is 14.3 Å². The van der Waals surface area contributed by atoms with E-state index in [1.807, 2.05) is 11.9 Å². The summed E-state index contributed by atoms with van der Waals surface area (Å²) in [4.78, 5) is 14.5. The summed E-state index contributed by atoms with van der Waals surface area (Å²) in [5, 5.41) is 11.2. The van der Waals surface area contributed by atoms with E-state index < -0.39 is 5.97 Å². The second-order valence-corrected chi connectivity index (χ2v) is 6.17. The van der Waals surface area contributed by atoms with Crippen LogP contribution in [0.4, 0.5) is 0 Å². The molecule has 0 amide bonds. The molecule has 2 aromatic rings. The third kappa shape index (κ3) is 3.02. The van der Waals surface area contributed by atoms with Crippen LogP contribution in [0.15, 0.2) is 28.2 Å². The highest BCUT2D eigenvalue weighted by Gasteiger charge is 2.24. The second kappa shape index (κ2) is 6.01. The third-order valence-electron chi connectivity index (χ3n) is 3.64. The molecular formula is C15H17NO4S. The molecule has 0 aliphatic carbocycles. The average Bonchev–Trinajstić information content (AvgIpc) is 3.07. The molecule has 112 valence electrons. The van der Waals surface area contributed by atoms with Gasteiger partial charge in [-0.3, -0.25) is 4.90 Å². The number of thiophene rings is 1. The highest BCUT2D eigenvalue weighted by atomic mass is 32.1. The number of ether oxygens (including phenoxy) is 1. The Morgan fingerprint density at radius 1 is 1.52 bits per heavy atom. The summed E-state index contributed by atoms with van der Waals surface area (Å²) in [6.45, 7) is 1.91. The molecule has 0 fully saturated rings. The highest BCUT2D eigenvalue weighted by Crippen LogP contribution is 2.31. The van der Waals surface area contributed by atoms with E-state index in [0.29, 0.717) is 18.8 Å². The molecule has 2 aromatic heterocycles. The molecule has 21 heavy (non-hydrogen) atoms. The molecular weight excluding hydrogens is 290 g/mol. The van der Waals surface area contributed by atoms with E-state index in [2.05, 4.69) is 11.4 Å². The van der Waals surface area contributed by atoms with Crippen LogP contribution in [0.25, 0.3) is 0 Å². The summed E-state index contributed by atoms with van der Waals surface area (Å²) in [5.74, 6) is -0.479. The quantitative estimate of drug-likeness (QED) is 0.920. The standard InChI is InChI=1S/C15H17NO4S/c1-16(9-13-11(15(17)18)2-5-19-13)8-12-10-4-7-21-14(10)3-6-20-12/h2,4-5,7,12H,3,6,8-9H2,1H3,(H,17,18). The van der Waals surface area contributed by atoms with Crippen molar-refractivity contribution >= 4 is 17.3 Å². The lowest BCUT2D eigenvalue weighted by Gasteiger charge is -2.27. The van der Waals surface area contributed by atoms with E-state index in [1.54, 1.807) is 11.3 Å². The molecule has 6 heteroatoms. The van der Waals surface area contributed by atoms with E-state index in [1.165, 1.54) is 22.8 Å². The molecule has 1 atom stereocenters. The normalized spacial score (nSPS) is 17.9. The summed E-state index contributed by atoms with van der Waals surface area (Å²) in [5.41, 5.74) is 1.48. The Bertz CT molecular complexity index is 633. The van der Waals surface area contributed by atoms with Gasteiger partial charge in [-0.15, -0.1) is 11.3 Å². The fourth-order valence-corrected chi connectivity index (χ4v) is 3.54. The molecule has 1 aliphatic rings. The van der Waals surface area contributed by atoms with Crippen LogP contribution >= 0.6 is 11.3 Å². The lowest BCUT2D eigenvalue weighted by Crippen LogP contribution is -2.28. The molecule has 1 unspecified atom stereocenters. The van der Waals surface area contributed by atoms with Crippen molar-refractivity contribution in [1.82, 2.24) is 4.90 Å². The van der Waals surface area contributed by atoms with Crippen molar-refractivity contribution in [2.75, 3.05) is 20.2 Å². The van der Waals surface area contributed by atoms with E-state index >= 15 is 0 Å². The number of carboxylic acids is 1. The van der Waals surface area contributed by atoms with Crippen molar-refractivity contribution in [3.05, 3.63) is 45.5 Å². The van der Waals surface area contributed by atoms with Gasteiger partial charge in [-0.2, -0.15) is 0 Å². The van der Waals surface area contributed by atoms with E-state index in [0.717, 1.165) is 13.0 Å². The lowest BCUT2D eigenvalue weighted by molar-refractivity contribution is 0.0197. The average molecular weight is 307 g/mol. The van der Waals surface area contributed by atoms with Crippen LogP contribution in [-0.2, 0) is 17.7 Å². The van der Waals surface area contributed by atoms with Gasteiger partial charge in [-0.05, 0) is 30.1 Å². The number of nitrogens with zero attached hydrogens (tertiary/aromatic N) is 1. The second-order valence-electron chi connectivity index (χ2n) is 5.17. The van der Waals surface area contributed by atoms with Crippen LogP contribution in [0.1, 0.15) is 32.7 Å². The van der Waals surface area contributed by atoms with Gasteiger partial charge >= 0.3 is 5.97 Å². The van der Waals surface area contributed by atoms with Gasteiger partial charge in [-0.1, -0.05) is 0 Å². The van der Waals surface area contributed by atoms with Crippen molar-refractivity contribution in [3.63, 3.8) is 0 Å². The molecule has 1 N–H and O–H groups in total. The van der Waals surface area contributed by atoms with E-state index in [-0.39, 0.29) is 11.7 Å². The van der Waals surface area contributed by atoms with Crippen LogP contribution in [0.3, 0.4) is 0 Å². The maximum atomic E-state index is 11.1. The molecule has 0 radical (unpaired) electrons. The van der Waals surface area contributed by atoms with Gasteiger partial charge in [0.1, 0.15) is 11.3 Å². The van der Waals surface area contributed by atoms with Crippen molar-refractivity contribution < 1.29 is 19.1 Å². The predicted octanol–water partition coefficient (Wildman–Crippen LogP) is 2.79. The molecule has 5 nitrogen and oxygen atoms in total. The van der Waals surface area contributed by atoms with Crippen molar-refractivity contribution in [1.29, 1.82) is 0 Å². The number of furan rings is 1. The monoisotopic (exact) mass is 307 g/mol. The van der Waals surface area contributed by atoms with E-state index in [9.17, 15) is 4.79 Å². The maximum absolute atomic E-state index is 11.1. The van der Waals surface area contributed by atoms with Gasteiger partial charge in [-0.25, -0.2) is 4.79 Å². The zero-order valence-corrected chi connectivity index (χ0v) is 12.6. The first-order valence-electron chi connectivity index (χ1n) is 6.81. The van der Waals surface area contributed by atoms with Crippen LogP contribution in [0.5, 0.6) is 0 Å². The molecule has 1 aliphatic heterocycles. The fourth-order valence-electron chi connectivity index (χ4n) is 2.62. The molecule has 3 rings (SSSR count). The Labute approximate surface area is 126 Å². The van der Waals surface area contributed by atoms with Gasteiger partial charge < -0.3 is 14.3 Å². The molecule has 3 heterocycles. The van der Waals surface area contributed by atoms with Crippen LogP contribution in [-0.4, -0.2) is 36.2 Å². The Kier molecular flexibility index (Phi) is 4.10. The first kappa shape index (κ1) is 14.3. The number of hydrogen-bond acceptors (Lipinski definition) is 5. The Morgan fingerprint density at radius 3 is 3.19 bits per heavy atom. The number of carbonyl (C=O) groups is 1. The summed E-state index contributed by atoms with van der Waals surface area (Å²) >= 11 is 1.77. The first-order chi connectivity index (χ1) is 10.1. The molecule has 0 saturated heterocycles. The summed E-state index contributed by atoms with van der Waals surface area (Å²) in [6, 6.07) is 3.60. The topological polar surface area (TPSA) is 62.9 Å². The minimum Gasteiger partial charge on any atom is -0.478 e. The Morgan fingerprint density at radius 2 is 2.38 bits per heavy atom. The molecule has 0 saturated carbocycles. The summed E-state index contributed by atoms with van der Waals surface area (Å²) < 4.78 is 11.1. The van der Waals surface area contributed by atoms with Crippen molar-refractivity contribution in [3.8, 4) is 0 Å². The summed E-state index contributed by atoms with van der Waals surface area (Å²) in [7, 11) is 1.94. The number of carboxylic acid groups (broad SMARTS) is 1. The first-order valence-corrected chi connectivity index (χ1v) is 7.69. The zero-order valence-electron chi connectivity index (χ0n) is 11.7. The Hall–Kier alpha value is -1.63. The predicted molar refractivity (Wildman–Crippen MR) is 78.7 cm³/mol. The fraction of sp³-hybridized carbons (Fsp3) is 0.400. The number of likely N-dealkylation sites (N-methyl/N-ethyl adjacent to an activating group) is 1. The van der Waals surface area contributed by atoms with Gasteiger partial charge in [0.15, 0.2) is 0 Å². The SMILES string of the molecule is CN(Cc1occc1C(=O)O)CC1OCCc2sccc21. The third-order valence-corrected chi connectivity index (χ3v) is 4.64. The van der Waals surface area contributed by atoms with Crippen LogP contribution < -0.4 is 0 Å². The van der Waals surface area contributed by atoms with Gasteiger partial charge in [0.2, 0.25) is 0 Å².